The van der Waals surface area contributed by atoms with Crippen molar-refractivity contribution in [1.82, 2.24) is 10.2 Å². The lowest BCUT2D eigenvalue weighted by Crippen LogP contribution is -2.49. The number of urea groups is 1. The monoisotopic (exact) mass is 439 g/mol. The van der Waals surface area contributed by atoms with Crippen molar-refractivity contribution in [1.29, 1.82) is 0 Å². The van der Waals surface area contributed by atoms with Crippen molar-refractivity contribution in [2.24, 2.45) is 0 Å². The lowest BCUT2D eigenvalue weighted by Gasteiger charge is -2.32. The summed E-state index contributed by atoms with van der Waals surface area (Å²) in [6.45, 7) is 3.65. The highest BCUT2D eigenvalue weighted by molar-refractivity contribution is 6.30. The second kappa shape index (κ2) is 8.43. The van der Waals surface area contributed by atoms with Gasteiger partial charge in [0, 0.05) is 10.7 Å². The Morgan fingerprint density at radius 1 is 1.23 bits per heavy atom. The number of esters is 1. The Labute approximate surface area is 185 Å². The van der Waals surface area contributed by atoms with Gasteiger partial charge in [0.1, 0.15) is 13.2 Å². The number of carbonyl (C=O) groups is 3. The molecular weight excluding hydrogens is 418 g/mol. The molecule has 2 aliphatic heterocycles. The fourth-order valence-corrected chi connectivity index (χ4v) is 4.03. The summed E-state index contributed by atoms with van der Waals surface area (Å²) in [5.74, 6) is -0.858. The number of rotatable bonds is 5. The number of nitrogens with zero attached hydrogens (tertiary/aromatic N) is 1. The van der Waals surface area contributed by atoms with Gasteiger partial charge in [0.2, 0.25) is 5.91 Å². The Hall–Kier alpha value is -3.32. The Balaban J connectivity index is 1.60. The summed E-state index contributed by atoms with van der Waals surface area (Å²) in [7, 11) is 0. The lowest BCUT2D eigenvalue weighted by molar-refractivity contribution is -0.136. The minimum atomic E-state index is -0.655. The fraction of sp³-hybridized carbons (Fsp3) is 0.261. The number of benzene rings is 2. The number of amides is 3. The summed E-state index contributed by atoms with van der Waals surface area (Å²) in [4.78, 5) is 39.4. The molecule has 2 N–H and O–H groups in total. The molecule has 8 heteroatoms. The van der Waals surface area contributed by atoms with E-state index in [0.717, 1.165) is 23.2 Å². The first-order chi connectivity index (χ1) is 14.9. The van der Waals surface area contributed by atoms with Crippen LogP contribution in [0.3, 0.4) is 0 Å². The minimum absolute atomic E-state index is 0.0521. The van der Waals surface area contributed by atoms with E-state index in [1.54, 1.807) is 24.3 Å². The second-order valence-corrected chi connectivity index (χ2v) is 7.90. The molecule has 0 aromatic heterocycles. The van der Waals surface area contributed by atoms with Crippen LogP contribution in [-0.4, -0.2) is 36.0 Å². The number of hydrogen-bond acceptors (Lipinski definition) is 4. The molecule has 1 atom stereocenters. The first kappa shape index (κ1) is 20.9. The molecule has 0 saturated carbocycles. The summed E-state index contributed by atoms with van der Waals surface area (Å²) in [5.41, 5.74) is 4.15. The number of nitrogens with one attached hydrogen (secondary N) is 2. The molecule has 0 radical (unpaired) electrons. The molecule has 2 heterocycles. The van der Waals surface area contributed by atoms with Gasteiger partial charge in [0.05, 0.1) is 17.3 Å². The highest BCUT2D eigenvalue weighted by Gasteiger charge is 2.42. The van der Waals surface area contributed by atoms with Gasteiger partial charge >= 0.3 is 12.0 Å². The molecule has 2 aromatic rings. The Kier molecular flexibility index (Phi) is 5.69. The van der Waals surface area contributed by atoms with Crippen LogP contribution in [0, 0.1) is 6.92 Å². The molecule has 7 nitrogen and oxygen atoms in total. The third kappa shape index (κ3) is 4.01. The zero-order valence-electron chi connectivity index (χ0n) is 17.2. The summed E-state index contributed by atoms with van der Waals surface area (Å²) in [6.07, 6.45) is 0.766. The zero-order chi connectivity index (χ0) is 22.1. The number of aryl methyl sites for hydroxylation is 2. The molecule has 0 saturated heterocycles. The van der Waals surface area contributed by atoms with Gasteiger partial charge in [-0.25, -0.2) is 9.59 Å². The van der Waals surface area contributed by atoms with Crippen molar-refractivity contribution in [3.63, 3.8) is 0 Å². The standard InChI is InChI=1S/C23H22ClN3O4/c1-3-14-6-4-5-13(2)20(14)25-18(28)11-27-17-12-31-22(29)19(17)21(26-23(27)30)15-7-9-16(24)10-8-15/h4-10,21H,3,11-12H2,1-2H3,(H,25,28)(H,26,30). The van der Waals surface area contributed by atoms with Crippen LogP contribution < -0.4 is 10.6 Å². The molecule has 2 aromatic carbocycles. The van der Waals surface area contributed by atoms with Crippen LogP contribution in [0.5, 0.6) is 0 Å². The first-order valence-corrected chi connectivity index (χ1v) is 10.4. The van der Waals surface area contributed by atoms with Gasteiger partial charge in [-0.3, -0.25) is 9.69 Å². The van der Waals surface area contributed by atoms with Crippen molar-refractivity contribution in [2.45, 2.75) is 26.3 Å². The van der Waals surface area contributed by atoms with E-state index in [4.69, 9.17) is 16.3 Å². The first-order valence-electron chi connectivity index (χ1n) is 10.0. The maximum absolute atomic E-state index is 12.9. The summed E-state index contributed by atoms with van der Waals surface area (Å²) < 4.78 is 5.20. The normalized spacial score (nSPS) is 17.9. The number of carbonyl (C=O) groups excluding carboxylic acids is 3. The third-order valence-electron chi connectivity index (χ3n) is 5.51. The molecule has 1 unspecified atom stereocenters. The van der Waals surface area contributed by atoms with Crippen LogP contribution in [-0.2, 0) is 20.7 Å². The highest BCUT2D eigenvalue weighted by atomic mass is 35.5. The van der Waals surface area contributed by atoms with Crippen molar-refractivity contribution < 1.29 is 19.1 Å². The minimum Gasteiger partial charge on any atom is -0.456 e. The van der Waals surface area contributed by atoms with Crippen molar-refractivity contribution >= 4 is 35.2 Å². The predicted molar refractivity (Wildman–Crippen MR) is 117 cm³/mol. The summed E-state index contributed by atoms with van der Waals surface area (Å²) in [5, 5.41) is 6.28. The van der Waals surface area contributed by atoms with Gasteiger partial charge in [-0.2, -0.15) is 0 Å². The van der Waals surface area contributed by atoms with Crippen LogP contribution in [0.15, 0.2) is 53.7 Å². The number of anilines is 1. The van der Waals surface area contributed by atoms with Gasteiger partial charge < -0.3 is 15.4 Å². The van der Waals surface area contributed by atoms with E-state index in [2.05, 4.69) is 10.6 Å². The maximum atomic E-state index is 12.9. The Morgan fingerprint density at radius 2 is 1.97 bits per heavy atom. The predicted octanol–water partition coefficient (Wildman–Crippen LogP) is 3.73. The molecule has 160 valence electrons. The van der Waals surface area contributed by atoms with E-state index < -0.39 is 18.0 Å². The van der Waals surface area contributed by atoms with E-state index in [1.807, 2.05) is 32.0 Å². The number of hydrogen-bond donors (Lipinski definition) is 2. The van der Waals surface area contributed by atoms with Crippen LogP contribution in [0.4, 0.5) is 10.5 Å². The molecule has 0 fully saturated rings. The topological polar surface area (TPSA) is 87.7 Å². The van der Waals surface area contributed by atoms with E-state index >= 15 is 0 Å². The van der Waals surface area contributed by atoms with E-state index in [-0.39, 0.29) is 19.1 Å². The smallest absolute Gasteiger partial charge is 0.338 e. The fourth-order valence-electron chi connectivity index (χ4n) is 3.91. The largest absolute Gasteiger partial charge is 0.456 e. The summed E-state index contributed by atoms with van der Waals surface area (Å²) in [6, 6.07) is 11.6. The van der Waals surface area contributed by atoms with Gasteiger partial charge in [0.25, 0.3) is 0 Å². The molecule has 3 amide bonds. The van der Waals surface area contributed by atoms with Gasteiger partial charge in [-0.05, 0) is 42.2 Å². The SMILES string of the molecule is CCc1cccc(C)c1NC(=O)CN1C(=O)NC(c2ccc(Cl)cc2)C2=C1COC2=O. The lowest BCUT2D eigenvalue weighted by atomic mass is 9.96. The molecule has 4 rings (SSSR count). The van der Waals surface area contributed by atoms with E-state index in [9.17, 15) is 14.4 Å². The number of cyclic esters (lactones) is 1. The van der Waals surface area contributed by atoms with Crippen LogP contribution in [0.2, 0.25) is 5.02 Å². The van der Waals surface area contributed by atoms with E-state index in [1.165, 1.54) is 4.90 Å². The Bertz CT molecular complexity index is 1090. The van der Waals surface area contributed by atoms with Gasteiger partial charge in [0.15, 0.2) is 0 Å². The molecular formula is C23H22ClN3O4. The molecule has 0 bridgehead atoms. The quantitative estimate of drug-likeness (QED) is 0.695. The van der Waals surface area contributed by atoms with Crippen LogP contribution >= 0.6 is 11.6 Å². The average Bonchev–Trinajstić information content (AvgIpc) is 3.13. The van der Waals surface area contributed by atoms with Crippen molar-refractivity contribution in [3.05, 3.63) is 75.4 Å². The van der Waals surface area contributed by atoms with Gasteiger partial charge in [-0.1, -0.05) is 48.9 Å². The van der Waals surface area contributed by atoms with E-state index in [0.29, 0.717) is 21.9 Å². The third-order valence-corrected chi connectivity index (χ3v) is 5.76. The van der Waals surface area contributed by atoms with Crippen molar-refractivity contribution in [3.8, 4) is 0 Å². The molecule has 2 aliphatic rings. The summed E-state index contributed by atoms with van der Waals surface area (Å²) >= 11 is 5.96. The average molecular weight is 440 g/mol. The molecule has 31 heavy (non-hydrogen) atoms. The number of ether oxygens (including phenoxy) is 1. The van der Waals surface area contributed by atoms with Crippen LogP contribution in [0.25, 0.3) is 0 Å². The molecule has 0 aliphatic carbocycles. The Morgan fingerprint density at radius 3 is 2.68 bits per heavy atom. The zero-order valence-corrected chi connectivity index (χ0v) is 18.0. The van der Waals surface area contributed by atoms with Crippen molar-refractivity contribution in [2.75, 3.05) is 18.5 Å². The van der Waals surface area contributed by atoms with Gasteiger partial charge in [-0.15, -0.1) is 0 Å². The maximum Gasteiger partial charge on any atom is 0.338 e. The number of para-hydroxylation sites is 1. The number of halogens is 1. The van der Waals surface area contributed by atoms with Crippen LogP contribution in [0.1, 0.15) is 29.7 Å². The second-order valence-electron chi connectivity index (χ2n) is 7.47. The molecule has 0 spiro atoms. The highest BCUT2D eigenvalue weighted by Crippen LogP contribution is 2.35.